The van der Waals surface area contributed by atoms with Crippen molar-refractivity contribution in [3.8, 4) is 0 Å². The van der Waals surface area contributed by atoms with Gasteiger partial charge in [0.2, 0.25) is 0 Å². The summed E-state index contributed by atoms with van der Waals surface area (Å²) in [5.41, 5.74) is 12.9. The first-order valence-corrected chi connectivity index (χ1v) is 9.82. The molecule has 0 rings (SSSR count). The van der Waals surface area contributed by atoms with Crippen LogP contribution < -0.4 is 11.5 Å². The fraction of sp³-hybridized carbons (Fsp3) is 0.905. The smallest absolute Gasteiger partial charge is 0.0336 e. The molecular weight excluding hydrogens is 280 g/mol. The fourth-order valence-corrected chi connectivity index (χ4v) is 2.96. The van der Waals surface area contributed by atoms with E-state index in [9.17, 15) is 0 Å². The summed E-state index contributed by atoms with van der Waals surface area (Å²) in [6, 6.07) is 0.365. The number of nitrogens with two attached hydrogens (primary N) is 2. The van der Waals surface area contributed by atoms with Crippen LogP contribution in [0.3, 0.4) is 0 Å². The van der Waals surface area contributed by atoms with Crippen LogP contribution in [0.4, 0.5) is 0 Å². The molecule has 4 N–H and O–H groups in total. The van der Waals surface area contributed by atoms with Crippen LogP contribution in [0.1, 0.15) is 98.8 Å². The number of hydrogen-bond donors (Lipinski definition) is 2. The first-order chi connectivity index (χ1) is 10.6. The molecule has 0 spiro atoms. The predicted molar refractivity (Wildman–Crippen MR) is 106 cm³/mol. The number of hydrogen-bond acceptors (Lipinski definition) is 2. The van der Waals surface area contributed by atoms with Crippen LogP contribution in [0.25, 0.3) is 0 Å². The molecular formula is C21H44N2. The highest BCUT2D eigenvalue weighted by Gasteiger charge is 2.26. The summed E-state index contributed by atoms with van der Waals surface area (Å²) in [6.07, 6.45) is 13.7. The van der Waals surface area contributed by atoms with Gasteiger partial charge < -0.3 is 11.5 Å². The minimum absolute atomic E-state index is 0.204. The number of rotatable bonds is 14. The lowest BCUT2D eigenvalue weighted by Crippen LogP contribution is -2.39. The van der Waals surface area contributed by atoms with Crippen molar-refractivity contribution < 1.29 is 0 Å². The van der Waals surface area contributed by atoms with Crippen molar-refractivity contribution in [3.05, 3.63) is 12.7 Å². The van der Waals surface area contributed by atoms with Gasteiger partial charge in [-0.05, 0) is 56.3 Å². The Kier molecular flexibility index (Phi) is 11.1. The van der Waals surface area contributed by atoms with Gasteiger partial charge in [-0.25, -0.2) is 0 Å². The largest absolute Gasteiger partial charge is 0.328 e. The van der Waals surface area contributed by atoms with Gasteiger partial charge in [0.1, 0.15) is 0 Å². The van der Waals surface area contributed by atoms with Gasteiger partial charge in [0, 0.05) is 11.6 Å². The molecule has 0 fully saturated rings. The van der Waals surface area contributed by atoms with Gasteiger partial charge in [-0.15, -0.1) is 6.58 Å². The molecule has 0 aliphatic rings. The Balaban J connectivity index is 4.20. The minimum Gasteiger partial charge on any atom is -0.328 e. The normalized spacial score (nSPS) is 16.3. The van der Waals surface area contributed by atoms with E-state index in [4.69, 9.17) is 11.5 Å². The molecule has 2 heteroatoms. The van der Waals surface area contributed by atoms with Crippen molar-refractivity contribution in [1.82, 2.24) is 0 Å². The molecule has 0 heterocycles. The van der Waals surface area contributed by atoms with Crippen molar-refractivity contribution >= 4 is 0 Å². The molecule has 138 valence electrons. The Morgan fingerprint density at radius 2 is 1.61 bits per heavy atom. The van der Waals surface area contributed by atoms with Crippen LogP contribution in [0.5, 0.6) is 0 Å². The molecule has 0 aromatic carbocycles. The fourth-order valence-electron chi connectivity index (χ4n) is 2.96. The summed E-state index contributed by atoms with van der Waals surface area (Å²) in [7, 11) is 0. The molecule has 2 atom stereocenters. The van der Waals surface area contributed by atoms with Gasteiger partial charge in [-0.1, -0.05) is 60.0 Å². The van der Waals surface area contributed by atoms with E-state index < -0.39 is 0 Å². The minimum atomic E-state index is -0.204. The predicted octanol–water partition coefficient (Wildman–Crippen LogP) is 5.80. The zero-order chi connectivity index (χ0) is 17.9. The summed E-state index contributed by atoms with van der Waals surface area (Å²) in [4.78, 5) is 0. The number of unbranched alkanes of at least 4 members (excludes halogenated alkanes) is 2. The van der Waals surface area contributed by atoms with Gasteiger partial charge in [0.25, 0.3) is 0 Å². The van der Waals surface area contributed by atoms with E-state index in [1.165, 1.54) is 38.5 Å². The van der Waals surface area contributed by atoms with Gasteiger partial charge >= 0.3 is 0 Å². The van der Waals surface area contributed by atoms with E-state index in [-0.39, 0.29) is 5.54 Å². The maximum Gasteiger partial charge on any atom is 0.0336 e. The zero-order valence-corrected chi connectivity index (χ0v) is 16.7. The van der Waals surface area contributed by atoms with Crippen molar-refractivity contribution in [1.29, 1.82) is 0 Å². The Morgan fingerprint density at radius 1 is 0.957 bits per heavy atom. The Bertz CT molecular complexity index is 309. The molecule has 0 bridgehead atoms. The quantitative estimate of drug-likeness (QED) is 0.313. The molecule has 0 aliphatic carbocycles. The third kappa shape index (κ3) is 11.8. The van der Waals surface area contributed by atoms with E-state index >= 15 is 0 Å². The summed E-state index contributed by atoms with van der Waals surface area (Å²) in [5, 5.41) is 0. The van der Waals surface area contributed by atoms with Crippen LogP contribution in [0, 0.1) is 11.3 Å². The summed E-state index contributed by atoms with van der Waals surface area (Å²) in [6.45, 7) is 15.5. The van der Waals surface area contributed by atoms with Gasteiger partial charge in [0.05, 0.1) is 0 Å². The summed E-state index contributed by atoms with van der Waals surface area (Å²) >= 11 is 0. The lowest BCUT2D eigenvalue weighted by molar-refractivity contribution is 0.248. The average Bonchev–Trinajstić information content (AvgIpc) is 2.49. The van der Waals surface area contributed by atoms with E-state index in [2.05, 4.69) is 41.2 Å². The first-order valence-electron chi connectivity index (χ1n) is 9.82. The van der Waals surface area contributed by atoms with E-state index in [1.807, 2.05) is 6.08 Å². The van der Waals surface area contributed by atoms with E-state index in [0.29, 0.717) is 17.4 Å². The van der Waals surface area contributed by atoms with Crippen LogP contribution in [-0.2, 0) is 0 Å². The SMILES string of the molecule is C=CC(N)(CCC(C)C)CCC(C)(C)CCC(N)CCCCC. The topological polar surface area (TPSA) is 52.0 Å². The standard InChI is InChI=1S/C21H44N2/c1-7-9-10-11-19(22)13-14-20(5,6)16-17-21(23,8-2)15-12-18(3)4/h8,18-19H,2,7,9-17,22-23H2,1,3-6H3. The summed E-state index contributed by atoms with van der Waals surface area (Å²) in [5.74, 6) is 0.701. The zero-order valence-electron chi connectivity index (χ0n) is 16.7. The lowest BCUT2D eigenvalue weighted by Gasteiger charge is -2.33. The summed E-state index contributed by atoms with van der Waals surface area (Å²) < 4.78 is 0. The highest BCUT2D eigenvalue weighted by atomic mass is 14.7. The second-order valence-corrected chi connectivity index (χ2v) is 8.83. The third-order valence-corrected chi connectivity index (χ3v) is 5.23. The second kappa shape index (κ2) is 11.3. The van der Waals surface area contributed by atoms with Gasteiger partial charge in [-0.2, -0.15) is 0 Å². The van der Waals surface area contributed by atoms with Crippen LogP contribution >= 0.6 is 0 Å². The van der Waals surface area contributed by atoms with Gasteiger partial charge in [0.15, 0.2) is 0 Å². The Morgan fingerprint density at radius 3 is 2.13 bits per heavy atom. The first kappa shape index (κ1) is 22.7. The molecule has 0 aliphatic heterocycles. The molecule has 2 nitrogen and oxygen atoms in total. The molecule has 0 saturated carbocycles. The molecule has 0 radical (unpaired) electrons. The highest BCUT2D eigenvalue weighted by Crippen LogP contribution is 2.33. The Labute approximate surface area is 146 Å². The van der Waals surface area contributed by atoms with E-state index in [0.717, 1.165) is 25.7 Å². The van der Waals surface area contributed by atoms with Crippen LogP contribution in [-0.4, -0.2) is 11.6 Å². The monoisotopic (exact) mass is 324 g/mol. The maximum absolute atomic E-state index is 6.55. The average molecular weight is 325 g/mol. The highest BCUT2D eigenvalue weighted by molar-refractivity contribution is 5.00. The Hall–Kier alpha value is -0.340. The third-order valence-electron chi connectivity index (χ3n) is 5.23. The van der Waals surface area contributed by atoms with Crippen LogP contribution in [0.15, 0.2) is 12.7 Å². The van der Waals surface area contributed by atoms with Crippen molar-refractivity contribution in [3.63, 3.8) is 0 Å². The molecule has 0 saturated heterocycles. The molecule has 0 aromatic rings. The maximum atomic E-state index is 6.55. The van der Waals surface area contributed by atoms with Crippen molar-refractivity contribution in [2.75, 3.05) is 0 Å². The van der Waals surface area contributed by atoms with E-state index in [1.54, 1.807) is 0 Å². The molecule has 23 heavy (non-hydrogen) atoms. The lowest BCUT2D eigenvalue weighted by atomic mass is 9.76. The van der Waals surface area contributed by atoms with Crippen molar-refractivity contribution in [2.45, 2.75) is 110 Å². The van der Waals surface area contributed by atoms with Crippen molar-refractivity contribution in [2.24, 2.45) is 22.8 Å². The van der Waals surface area contributed by atoms with Gasteiger partial charge in [-0.3, -0.25) is 0 Å². The molecule has 0 aromatic heterocycles. The molecule has 0 amide bonds. The van der Waals surface area contributed by atoms with Crippen LogP contribution in [0.2, 0.25) is 0 Å². The molecule has 2 unspecified atom stereocenters. The second-order valence-electron chi connectivity index (χ2n) is 8.83.